The molecule has 0 aliphatic rings. The van der Waals surface area contributed by atoms with Gasteiger partial charge in [0.15, 0.2) is 0 Å². The predicted octanol–water partition coefficient (Wildman–Crippen LogP) is 7.20. The summed E-state index contributed by atoms with van der Waals surface area (Å²) >= 11 is 0. The quantitative estimate of drug-likeness (QED) is 0.499. The molecule has 0 saturated carbocycles. The molecule has 0 saturated heterocycles. The molecule has 25 heavy (non-hydrogen) atoms. The van der Waals surface area contributed by atoms with Crippen molar-refractivity contribution in [3.8, 4) is 0 Å². The fourth-order valence-electron chi connectivity index (χ4n) is 3.12. The molecular formula is C23H30N2. The minimum Gasteiger partial charge on any atom is -0.187 e. The lowest BCUT2D eigenvalue weighted by molar-refractivity contribution is 0.835. The Morgan fingerprint density at radius 1 is 0.720 bits per heavy atom. The summed E-state index contributed by atoms with van der Waals surface area (Å²) in [6.07, 6.45) is 1.93. The first-order valence-corrected chi connectivity index (χ1v) is 9.39. The molecule has 2 nitrogen and oxygen atoms in total. The Labute approximate surface area is 152 Å². The topological polar surface area (TPSA) is 24.7 Å². The normalized spacial score (nSPS) is 10.9. The van der Waals surface area contributed by atoms with E-state index in [1.165, 1.54) is 22.3 Å². The van der Waals surface area contributed by atoms with Crippen molar-refractivity contribution >= 4 is 17.4 Å². The van der Waals surface area contributed by atoms with Gasteiger partial charge in [-0.1, -0.05) is 77.9 Å². The molecule has 0 aliphatic heterocycles. The maximum Gasteiger partial charge on any atom is 0.101 e. The molecule has 0 radical (unpaired) electrons. The molecule has 2 rings (SSSR count). The van der Waals surface area contributed by atoms with Crippen molar-refractivity contribution in [1.82, 2.24) is 0 Å². The number of aryl methyl sites for hydroxylation is 2. The molecule has 2 aromatic carbocycles. The standard InChI is InChI=1S/C23H30N2/c1-7-18-11-9-12-19(8-2)22(18)24-15-25-23-20(16(3)4)13-10-14-21(23)17(5)6/h9-14,16-17H,7-8H2,1-6H3. The maximum absolute atomic E-state index is 4.68. The average Bonchev–Trinajstić information content (AvgIpc) is 2.61. The van der Waals surface area contributed by atoms with Crippen LogP contribution in [0.4, 0.5) is 11.4 Å². The Bertz CT molecular complexity index is 730. The molecule has 2 aromatic rings. The van der Waals surface area contributed by atoms with Gasteiger partial charge in [0.25, 0.3) is 0 Å². The highest BCUT2D eigenvalue weighted by Crippen LogP contribution is 2.34. The summed E-state index contributed by atoms with van der Waals surface area (Å²) in [7, 11) is 0. The lowest BCUT2D eigenvalue weighted by Gasteiger charge is -2.15. The Kier molecular flexibility index (Phi) is 6.73. The molecule has 0 spiro atoms. The third-order valence-corrected chi connectivity index (χ3v) is 4.63. The smallest absolute Gasteiger partial charge is 0.101 e. The molecule has 0 aliphatic carbocycles. The van der Waals surface area contributed by atoms with E-state index < -0.39 is 0 Å². The Morgan fingerprint density at radius 2 is 1.16 bits per heavy atom. The van der Waals surface area contributed by atoms with Crippen LogP contribution in [0.1, 0.15) is 75.6 Å². The first kappa shape index (κ1) is 19.1. The van der Waals surface area contributed by atoms with E-state index in [2.05, 4.69) is 93.9 Å². The van der Waals surface area contributed by atoms with Gasteiger partial charge in [-0.3, -0.25) is 0 Å². The van der Waals surface area contributed by atoms with Gasteiger partial charge in [0.05, 0.1) is 11.4 Å². The first-order chi connectivity index (χ1) is 12.0. The number of para-hydroxylation sites is 2. The number of hydrogen-bond acceptors (Lipinski definition) is 2. The molecule has 0 bridgehead atoms. The van der Waals surface area contributed by atoms with Crippen LogP contribution in [0, 0.1) is 0 Å². The Hall–Kier alpha value is -2.18. The highest BCUT2D eigenvalue weighted by molar-refractivity contribution is 5.66. The molecule has 0 unspecified atom stereocenters. The SMILES string of the molecule is CCc1cccc(CC)c1N=C=Nc1c(C(C)C)cccc1C(C)C. The largest absolute Gasteiger partial charge is 0.187 e. The fraction of sp³-hybridized carbons (Fsp3) is 0.435. The van der Waals surface area contributed by atoms with Crippen LogP contribution in [0.3, 0.4) is 0 Å². The monoisotopic (exact) mass is 334 g/mol. The zero-order valence-electron chi connectivity index (χ0n) is 16.4. The maximum atomic E-state index is 4.68. The van der Waals surface area contributed by atoms with E-state index >= 15 is 0 Å². The molecule has 0 fully saturated rings. The number of benzene rings is 2. The van der Waals surface area contributed by atoms with Crippen molar-refractivity contribution in [3.05, 3.63) is 58.7 Å². The van der Waals surface area contributed by atoms with Crippen LogP contribution in [0.15, 0.2) is 46.4 Å². The minimum atomic E-state index is 0.424. The molecule has 0 N–H and O–H groups in total. The van der Waals surface area contributed by atoms with Gasteiger partial charge >= 0.3 is 0 Å². The van der Waals surface area contributed by atoms with Gasteiger partial charge in [-0.25, -0.2) is 0 Å². The van der Waals surface area contributed by atoms with Crippen molar-refractivity contribution < 1.29 is 0 Å². The lowest BCUT2D eigenvalue weighted by atomic mass is 9.93. The minimum absolute atomic E-state index is 0.424. The van der Waals surface area contributed by atoms with Crippen molar-refractivity contribution in [1.29, 1.82) is 0 Å². The fourth-order valence-corrected chi connectivity index (χ4v) is 3.12. The van der Waals surface area contributed by atoms with Crippen LogP contribution in [0.2, 0.25) is 0 Å². The molecule has 132 valence electrons. The van der Waals surface area contributed by atoms with Crippen LogP contribution in [0.25, 0.3) is 0 Å². The first-order valence-electron chi connectivity index (χ1n) is 9.39. The number of nitrogens with zero attached hydrogens (tertiary/aromatic N) is 2. The van der Waals surface area contributed by atoms with E-state index in [0.717, 1.165) is 24.2 Å². The Balaban J connectivity index is 2.55. The van der Waals surface area contributed by atoms with Crippen LogP contribution >= 0.6 is 0 Å². The van der Waals surface area contributed by atoms with Gasteiger partial charge in [-0.05, 0) is 46.9 Å². The van der Waals surface area contributed by atoms with E-state index in [4.69, 9.17) is 0 Å². The summed E-state index contributed by atoms with van der Waals surface area (Å²) in [5, 5.41) is 0. The van der Waals surface area contributed by atoms with Gasteiger partial charge in [0, 0.05) is 0 Å². The second-order valence-corrected chi connectivity index (χ2v) is 7.05. The molecule has 2 heteroatoms. The van der Waals surface area contributed by atoms with E-state index in [9.17, 15) is 0 Å². The van der Waals surface area contributed by atoms with Crippen LogP contribution in [0.5, 0.6) is 0 Å². The summed E-state index contributed by atoms with van der Waals surface area (Å²) < 4.78 is 0. The highest BCUT2D eigenvalue weighted by Gasteiger charge is 2.12. The summed E-state index contributed by atoms with van der Waals surface area (Å²) in [6, 6.07) is 15.8. The van der Waals surface area contributed by atoms with Crippen LogP contribution in [-0.4, -0.2) is 6.01 Å². The average molecular weight is 335 g/mol. The molecular weight excluding hydrogens is 304 g/mol. The Morgan fingerprint density at radius 3 is 1.60 bits per heavy atom. The summed E-state index contributed by atoms with van der Waals surface area (Å²) in [6.45, 7) is 13.1. The van der Waals surface area contributed by atoms with Crippen molar-refractivity contribution in [2.75, 3.05) is 0 Å². The summed E-state index contributed by atoms with van der Waals surface area (Å²) in [5.74, 6) is 0.849. The van der Waals surface area contributed by atoms with Gasteiger partial charge < -0.3 is 0 Å². The molecule has 0 heterocycles. The molecule has 0 aromatic heterocycles. The second kappa shape index (κ2) is 8.78. The van der Waals surface area contributed by atoms with Crippen molar-refractivity contribution in [2.24, 2.45) is 9.98 Å². The number of rotatable bonds is 6. The predicted molar refractivity (Wildman–Crippen MR) is 109 cm³/mol. The lowest BCUT2D eigenvalue weighted by Crippen LogP contribution is -1.95. The van der Waals surface area contributed by atoms with Gasteiger partial charge in [-0.2, -0.15) is 9.98 Å². The molecule has 0 amide bonds. The molecule has 0 atom stereocenters. The van der Waals surface area contributed by atoms with Gasteiger partial charge in [-0.15, -0.1) is 0 Å². The van der Waals surface area contributed by atoms with E-state index in [1.54, 1.807) is 0 Å². The summed E-state index contributed by atoms with van der Waals surface area (Å²) in [4.78, 5) is 9.31. The number of aliphatic imine (C=N–C) groups is 2. The summed E-state index contributed by atoms with van der Waals surface area (Å²) in [5.41, 5.74) is 7.08. The third-order valence-electron chi connectivity index (χ3n) is 4.63. The van der Waals surface area contributed by atoms with Crippen molar-refractivity contribution in [3.63, 3.8) is 0 Å². The van der Waals surface area contributed by atoms with E-state index in [0.29, 0.717) is 11.8 Å². The van der Waals surface area contributed by atoms with Gasteiger partial charge in [0.1, 0.15) is 6.01 Å². The van der Waals surface area contributed by atoms with Crippen LogP contribution in [-0.2, 0) is 12.8 Å². The zero-order valence-corrected chi connectivity index (χ0v) is 16.4. The van der Waals surface area contributed by atoms with E-state index in [-0.39, 0.29) is 0 Å². The highest BCUT2D eigenvalue weighted by atomic mass is 14.8. The zero-order chi connectivity index (χ0) is 18.4. The van der Waals surface area contributed by atoms with E-state index in [1.807, 2.05) is 0 Å². The van der Waals surface area contributed by atoms with Crippen molar-refractivity contribution in [2.45, 2.75) is 66.2 Å². The second-order valence-electron chi connectivity index (χ2n) is 7.05. The third kappa shape index (κ3) is 4.46. The number of hydrogen-bond donors (Lipinski definition) is 0. The van der Waals surface area contributed by atoms with Gasteiger partial charge in [0.2, 0.25) is 0 Å². The van der Waals surface area contributed by atoms with Crippen LogP contribution < -0.4 is 0 Å².